The van der Waals surface area contributed by atoms with Crippen LogP contribution in [-0.2, 0) is 0 Å². The molecular weight excluding hydrogens is 334 g/mol. The summed E-state index contributed by atoms with van der Waals surface area (Å²) in [4.78, 5) is 23.9. The zero-order valence-corrected chi connectivity index (χ0v) is 13.2. The van der Waals surface area contributed by atoms with Gasteiger partial charge in [0.05, 0.1) is 18.4 Å². The van der Waals surface area contributed by atoms with Gasteiger partial charge in [0, 0.05) is 10.0 Å². The number of ketones is 1. The Bertz CT molecular complexity index is 698. The molecule has 0 aliphatic heterocycles. The first kappa shape index (κ1) is 15.3. The molecule has 1 N–H and O–H groups in total. The maximum atomic E-state index is 12.4. The fourth-order valence-electron chi connectivity index (χ4n) is 1.94. The molecule has 0 spiro atoms. The molecule has 108 valence electrons. The van der Waals surface area contributed by atoms with Crippen molar-refractivity contribution in [2.45, 2.75) is 6.92 Å². The third-order valence-electron chi connectivity index (χ3n) is 2.96. The van der Waals surface area contributed by atoms with Crippen LogP contribution in [0, 0.1) is 0 Å². The topological polar surface area (TPSA) is 55.4 Å². The Morgan fingerprint density at radius 1 is 1.10 bits per heavy atom. The molecule has 0 aliphatic rings. The predicted octanol–water partition coefficient (Wildman–Crippen LogP) is 3.91. The number of carbonyl (C=O) groups excluding carboxylic acids is 2. The summed E-state index contributed by atoms with van der Waals surface area (Å²) in [7, 11) is 1.50. The van der Waals surface area contributed by atoms with Crippen LogP contribution in [0.15, 0.2) is 46.9 Å². The zero-order valence-electron chi connectivity index (χ0n) is 11.6. The number of amides is 1. The molecule has 0 heterocycles. The van der Waals surface area contributed by atoms with Crippen LogP contribution in [0.4, 0.5) is 5.69 Å². The molecule has 0 aromatic heterocycles. The number of benzene rings is 2. The number of carbonyl (C=O) groups is 2. The molecule has 0 bridgehead atoms. The third kappa shape index (κ3) is 3.49. The average Bonchev–Trinajstić information content (AvgIpc) is 2.47. The Morgan fingerprint density at radius 2 is 1.81 bits per heavy atom. The third-order valence-corrected chi connectivity index (χ3v) is 3.46. The lowest BCUT2D eigenvalue weighted by atomic mass is 10.1. The fourth-order valence-corrected chi connectivity index (χ4v) is 2.28. The molecule has 0 saturated carbocycles. The van der Waals surface area contributed by atoms with Crippen LogP contribution in [0.5, 0.6) is 5.75 Å². The molecule has 0 unspecified atom stereocenters. The Labute approximate surface area is 131 Å². The van der Waals surface area contributed by atoms with Gasteiger partial charge in [0.25, 0.3) is 5.91 Å². The van der Waals surface area contributed by atoms with Crippen LogP contribution in [0.2, 0.25) is 0 Å². The van der Waals surface area contributed by atoms with E-state index in [1.54, 1.807) is 42.5 Å². The standard InChI is InChI=1S/C16H14BrNO3/c1-10(19)12-5-3-4-6-14(12)18-16(20)13-8-7-11(17)9-15(13)21-2/h3-9H,1-2H3,(H,18,20). The fraction of sp³-hybridized carbons (Fsp3) is 0.125. The molecular formula is C16H14BrNO3. The Kier molecular flexibility index (Phi) is 4.75. The minimum absolute atomic E-state index is 0.103. The number of ether oxygens (including phenoxy) is 1. The van der Waals surface area contributed by atoms with Crippen molar-refractivity contribution in [2.75, 3.05) is 12.4 Å². The van der Waals surface area contributed by atoms with Crippen LogP contribution in [-0.4, -0.2) is 18.8 Å². The highest BCUT2D eigenvalue weighted by molar-refractivity contribution is 9.10. The van der Waals surface area contributed by atoms with E-state index < -0.39 is 0 Å². The SMILES string of the molecule is COc1cc(Br)ccc1C(=O)Nc1ccccc1C(C)=O. The van der Waals surface area contributed by atoms with Crippen molar-refractivity contribution in [3.05, 3.63) is 58.1 Å². The molecule has 0 radical (unpaired) electrons. The van der Waals surface area contributed by atoms with E-state index >= 15 is 0 Å². The lowest BCUT2D eigenvalue weighted by Crippen LogP contribution is -2.15. The van der Waals surface area contributed by atoms with Gasteiger partial charge in [-0.15, -0.1) is 0 Å². The Morgan fingerprint density at radius 3 is 2.48 bits per heavy atom. The van der Waals surface area contributed by atoms with Crippen molar-refractivity contribution in [1.29, 1.82) is 0 Å². The van der Waals surface area contributed by atoms with Gasteiger partial charge in [-0.25, -0.2) is 0 Å². The molecule has 1 amide bonds. The largest absolute Gasteiger partial charge is 0.496 e. The number of halogens is 1. The summed E-state index contributed by atoms with van der Waals surface area (Å²) in [5, 5.41) is 2.75. The zero-order chi connectivity index (χ0) is 15.4. The number of Topliss-reactive ketones (excluding diaryl/α,β-unsaturated/α-hetero) is 1. The molecule has 4 nitrogen and oxygen atoms in total. The molecule has 0 saturated heterocycles. The monoisotopic (exact) mass is 347 g/mol. The van der Waals surface area contributed by atoms with Crippen molar-refractivity contribution in [2.24, 2.45) is 0 Å². The van der Waals surface area contributed by atoms with Crippen molar-refractivity contribution in [1.82, 2.24) is 0 Å². The Balaban J connectivity index is 2.33. The second kappa shape index (κ2) is 6.54. The highest BCUT2D eigenvalue weighted by atomic mass is 79.9. The lowest BCUT2D eigenvalue weighted by molar-refractivity contribution is 0.101. The van der Waals surface area contributed by atoms with E-state index in [1.807, 2.05) is 0 Å². The van der Waals surface area contributed by atoms with Gasteiger partial charge in [0.2, 0.25) is 0 Å². The predicted molar refractivity (Wildman–Crippen MR) is 85.1 cm³/mol. The maximum absolute atomic E-state index is 12.4. The summed E-state index contributed by atoms with van der Waals surface area (Å²) >= 11 is 3.33. The smallest absolute Gasteiger partial charge is 0.259 e. The van der Waals surface area contributed by atoms with E-state index in [4.69, 9.17) is 4.74 Å². The van der Waals surface area contributed by atoms with Crippen molar-refractivity contribution >= 4 is 33.3 Å². The molecule has 0 atom stereocenters. The second-order valence-electron chi connectivity index (χ2n) is 4.40. The minimum Gasteiger partial charge on any atom is -0.496 e. The first-order valence-electron chi connectivity index (χ1n) is 6.27. The van der Waals surface area contributed by atoms with Gasteiger partial charge in [-0.1, -0.05) is 28.1 Å². The molecule has 0 aliphatic carbocycles. The van der Waals surface area contributed by atoms with Crippen molar-refractivity contribution in [3.63, 3.8) is 0 Å². The number of para-hydroxylation sites is 1. The highest BCUT2D eigenvalue weighted by Gasteiger charge is 2.15. The number of nitrogens with one attached hydrogen (secondary N) is 1. The van der Waals surface area contributed by atoms with E-state index in [9.17, 15) is 9.59 Å². The van der Waals surface area contributed by atoms with E-state index in [2.05, 4.69) is 21.2 Å². The quantitative estimate of drug-likeness (QED) is 0.853. The molecule has 5 heteroatoms. The van der Waals surface area contributed by atoms with Gasteiger partial charge < -0.3 is 10.1 Å². The molecule has 2 aromatic carbocycles. The van der Waals surface area contributed by atoms with Gasteiger partial charge >= 0.3 is 0 Å². The van der Waals surface area contributed by atoms with Crippen LogP contribution in [0.1, 0.15) is 27.6 Å². The average molecular weight is 348 g/mol. The lowest BCUT2D eigenvalue weighted by Gasteiger charge is -2.11. The van der Waals surface area contributed by atoms with Crippen LogP contribution >= 0.6 is 15.9 Å². The summed E-state index contributed by atoms with van der Waals surface area (Å²) in [6.45, 7) is 1.46. The number of rotatable bonds is 4. The van der Waals surface area contributed by atoms with Gasteiger partial charge in [-0.05, 0) is 37.3 Å². The summed E-state index contributed by atoms with van der Waals surface area (Å²) in [5.74, 6) is 0.0314. The van der Waals surface area contributed by atoms with Crippen molar-refractivity contribution < 1.29 is 14.3 Å². The molecule has 21 heavy (non-hydrogen) atoms. The highest BCUT2D eigenvalue weighted by Crippen LogP contribution is 2.25. The number of methoxy groups -OCH3 is 1. The van der Waals surface area contributed by atoms with E-state index in [1.165, 1.54) is 14.0 Å². The second-order valence-corrected chi connectivity index (χ2v) is 5.32. The first-order chi connectivity index (χ1) is 10.0. The first-order valence-corrected chi connectivity index (χ1v) is 7.07. The van der Waals surface area contributed by atoms with Gasteiger partial charge in [0.15, 0.2) is 5.78 Å². The van der Waals surface area contributed by atoms with Gasteiger partial charge in [0.1, 0.15) is 5.75 Å². The van der Waals surface area contributed by atoms with Crippen molar-refractivity contribution in [3.8, 4) is 5.75 Å². The summed E-state index contributed by atoms with van der Waals surface area (Å²) < 4.78 is 6.02. The van der Waals surface area contributed by atoms with E-state index in [0.29, 0.717) is 22.6 Å². The Hall–Kier alpha value is -2.14. The summed E-state index contributed by atoms with van der Waals surface area (Å²) in [6.07, 6.45) is 0. The molecule has 2 rings (SSSR count). The van der Waals surface area contributed by atoms with E-state index in [-0.39, 0.29) is 11.7 Å². The van der Waals surface area contributed by atoms with Gasteiger partial charge in [-0.3, -0.25) is 9.59 Å². The number of anilines is 1. The maximum Gasteiger partial charge on any atom is 0.259 e. The minimum atomic E-state index is -0.326. The normalized spacial score (nSPS) is 10.0. The van der Waals surface area contributed by atoms with Crippen LogP contribution in [0.25, 0.3) is 0 Å². The summed E-state index contributed by atoms with van der Waals surface area (Å²) in [5.41, 5.74) is 1.36. The molecule has 0 fully saturated rings. The molecule has 2 aromatic rings. The van der Waals surface area contributed by atoms with Gasteiger partial charge in [-0.2, -0.15) is 0 Å². The van der Waals surface area contributed by atoms with E-state index in [0.717, 1.165) is 4.47 Å². The van der Waals surface area contributed by atoms with Crippen LogP contribution in [0.3, 0.4) is 0 Å². The summed E-state index contributed by atoms with van der Waals surface area (Å²) in [6, 6.07) is 12.0. The number of hydrogen-bond acceptors (Lipinski definition) is 3. The van der Waals surface area contributed by atoms with Crippen LogP contribution < -0.4 is 10.1 Å². The number of hydrogen-bond donors (Lipinski definition) is 1.